The third-order valence-corrected chi connectivity index (χ3v) is 5.67. The van der Waals surface area contributed by atoms with Crippen LogP contribution in [0.5, 0.6) is 11.5 Å². The second kappa shape index (κ2) is 8.45. The Morgan fingerprint density at radius 2 is 1.86 bits per heavy atom. The smallest absolute Gasteiger partial charge is 0.346 e. The van der Waals surface area contributed by atoms with Gasteiger partial charge in [0, 0.05) is 25.9 Å². The predicted molar refractivity (Wildman–Crippen MR) is 105 cm³/mol. The molecule has 0 saturated carbocycles. The summed E-state index contributed by atoms with van der Waals surface area (Å²) in [5.74, 6) is 1.13. The molecular weight excluding hydrogens is 398 g/mol. The molecule has 0 unspecified atom stereocenters. The second-order valence-electron chi connectivity index (χ2n) is 6.02. The summed E-state index contributed by atoms with van der Waals surface area (Å²) in [4.78, 5) is 16.6. The fourth-order valence-electron chi connectivity index (χ4n) is 2.70. The van der Waals surface area contributed by atoms with Gasteiger partial charge in [-0.3, -0.25) is 9.55 Å². The van der Waals surface area contributed by atoms with Crippen molar-refractivity contribution in [2.24, 2.45) is 7.05 Å². The van der Waals surface area contributed by atoms with Crippen LogP contribution < -0.4 is 19.9 Å². The normalized spacial score (nSPS) is 11.4. The number of ether oxygens (including phenoxy) is 2. The molecule has 0 fully saturated rings. The fraction of sp³-hybridized carbons (Fsp3) is 0.278. The topological polar surface area (TPSA) is 117 Å². The van der Waals surface area contributed by atoms with E-state index in [4.69, 9.17) is 9.47 Å². The zero-order chi connectivity index (χ0) is 21.0. The Morgan fingerprint density at radius 3 is 2.52 bits per heavy atom. The first-order valence-electron chi connectivity index (χ1n) is 8.64. The van der Waals surface area contributed by atoms with Crippen LogP contribution in [0.4, 0.5) is 0 Å². The zero-order valence-electron chi connectivity index (χ0n) is 16.2. The number of sulfonamides is 1. The van der Waals surface area contributed by atoms with Crippen molar-refractivity contribution < 1.29 is 17.9 Å². The van der Waals surface area contributed by atoms with Crippen LogP contribution in [0.3, 0.4) is 0 Å². The summed E-state index contributed by atoms with van der Waals surface area (Å²) in [5, 5.41) is 4.26. The molecule has 0 aliphatic rings. The molecule has 1 aromatic carbocycles. The molecule has 154 valence electrons. The van der Waals surface area contributed by atoms with E-state index in [0.29, 0.717) is 23.0 Å². The number of benzene rings is 1. The highest BCUT2D eigenvalue weighted by molar-refractivity contribution is 7.89. The minimum Gasteiger partial charge on any atom is -0.493 e. The van der Waals surface area contributed by atoms with Gasteiger partial charge >= 0.3 is 5.69 Å². The van der Waals surface area contributed by atoms with Crippen molar-refractivity contribution in [1.29, 1.82) is 0 Å². The summed E-state index contributed by atoms with van der Waals surface area (Å²) in [6, 6.07) is 9.59. The van der Waals surface area contributed by atoms with Crippen LogP contribution in [0.1, 0.15) is 0 Å². The Morgan fingerprint density at radius 1 is 1.10 bits per heavy atom. The van der Waals surface area contributed by atoms with E-state index in [1.54, 1.807) is 31.4 Å². The monoisotopic (exact) mass is 419 g/mol. The standard InChI is InChI=1S/C18H21N5O5S/c1-22-17(14-6-4-5-9-19-14)21-23(18(22)24)11-10-20-29(25,26)13-7-8-15(27-2)16(12-13)28-3/h4-9,12,20H,10-11H2,1-3H3. The van der Waals surface area contributed by atoms with Crippen LogP contribution >= 0.6 is 0 Å². The van der Waals surface area contributed by atoms with Crippen LogP contribution in [0, 0.1) is 0 Å². The van der Waals surface area contributed by atoms with Gasteiger partial charge < -0.3 is 9.47 Å². The molecule has 10 nitrogen and oxygen atoms in total. The maximum absolute atomic E-state index is 12.5. The lowest BCUT2D eigenvalue weighted by atomic mass is 10.3. The number of rotatable bonds is 8. The Kier molecular flexibility index (Phi) is 5.99. The van der Waals surface area contributed by atoms with Gasteiger partial charge in [-0.25, -0.2) is 22.6 Å². The van der Waals surface area contributed by atoms with Crippen molar-refractivity contribution in [1.82, 2.24) is 24.1 Å². The number of nitrogens with one attached hydrogen (secondary N) is 1. The number of aromatic nitrogens is 4. The minimum absolute atomic E-state index is 0.0186. The van der Waals surface area contributed by atoms with Crippen LogP contribution in [-0.2, 0) is 23.6 Å². The molecule has 0 amide bonds. The number of hydrogen-bond donors (Lipinski definition) is 1. The van der Waals surface area contributed by atoms with Gasteiger partial charge in [0.1, 0.15) is 5.69 Å². The Balaban J connectivity index is 1.74. The fourth-order valence-corrected chi connectivity index (χ4v) is 3.74. The lowest BCUT2D eigenvalue weighted by Gasteiger charge is -2.11. The minimum atomic E-state index is -3.80. The summed E-state index contributed by atoms with van der Waals surface area (Å²) in [5.41, 5.74) is 0.188. The SMILES string of the molecule is COc1ccc(S(=O)(=O)NCCn2nc(-c3ccccn3)n(C)c2=O)cc1OC. The van der Waals surface area contributed by atoms with Gasteiger partial charge in [0.2, 0.25) is 10.0 Å². The molecule has 1 N–H and O–H groups in total. The van der Waals surface area contributed by atoms with E-state index in [9.17, 15) is 13.2 Å². The van der Waals surface area contributed by atoms with E-state index in [-0.39, 0.29) is 23.7 Å². The quantitative estimate of drug-likeness (QED) is 0.569. The van der Waals surface area contributed by atoms with Crippen LogP contribution in [-0.4, -0.2) is 48.5 Å². The molecule has 11 heteroatoms. The highest BCUT2D eigenvalue weighted by Gasteiger charge is 2.18. The number of methoxy groups -OCH3 is 2. The van der Waals surface area contributed by atoms with Gasteiger partial charge in [-0.2, -0.15) is 0 Å². The molecule has 0 bridgehead atoms. The lowest BCUT2D eigenvalue weighted by Crippen LogP contribution is -2.31. The lowest BCUT2D eigenvalue weighted by molar-refractivity contribution is 0.354. The molecule has 0 atom stereocenters. The predicted octanol–water partition coefficient (Wildman–Crippen LogP) is 0.639. The molecule has 2 heterocycles. The zero-order valence-corrected chi connectivity index (χ0v) is 17.0. The highest BCUT2D eigenvalue weighted by Crippen LogP contribution is 2.29. The van der Waals surface area contributed by atoms with Crippen molar-refractivity contribution in [2.45, 2.75) is 11.4 Å². The largest absolute Gasteiger partial charge is 0.493 e. The molecule has 0 radical (unpaired) electrons. The van der Waals surface area contributed by atoms with E-state index < -0.39 is 10.0 Å². The summed E-state index contributed by atoms with van der Waals surface area (Å²) < 4.78 is 40.3. The first-order chi connectivity index (χ1) is 13.9. The Bertz CT molecular complexity index is 1160. The molecule has 3 aromatic rings. The number of nitrogens with zero attached hydrogens (tertiary/aromatic N) is 4. The second-order valence-corrected chi connectivity index (χ2v) is 7.78. The molecular formula is C18H21N5O5S. The number of pyridine rings is 1. The summed E-state index contributed by atoms with van der Waals surface area (Å²) in [6.45, 7) is 0.0429. The van der Waals surface area contributed by atoms with Crippen molar-refractivity contribution in [3.8, 4) is 23.0 Å². The summed E-state index contributed by atoms with van der Waals surface area (Å²) >= 11 is 0. The van der Waals surface area contributed by atoms with Crippen LogP contribution in [0.25, 0.3) is 11.5 Å². The molecule has 29 heavy (non-hydrogen) atoms. The van der Waals surface area contributed by atoms with E-state index in [1.165, 1.54) is 41.7 Å². The summed E-state index contributed by atoms with van der Waals surface area (Å²) in [7, 11) is 0.674. The molecule has 0 aliphatic heterocycles. The van der Waals surface area contributed by atoms with E-state index >= 15 is 0 Å². The van der Waals surface area contributed by atoms with Crippen molar-refractivity contribution in [3.63, 3.8) is 0 Å². The van der Waals surface area contributed by atoms with Gasteiger partial charge in [0.25, 0.3) is 0 Å². The highest BCUT2D eigenvalue weighted by atomic mass is 32.2. The van der Waals surface area contributed by atoms with Crippen LogP contribution in [0.15, 0.2) is 52.3 Å². The average Bonchev–Trinajstić information content (AvgIpc) is 3.02. The molecule has 0 saturated heterocycles. The third-order valence-electron chi connectivity index (χ3n) is 4.22. The van der Waals surface area contributed by atoms with Gasteiger partial charge in [-0.05, 0) is 24.3 Å². The van der Waals surface area contributed by atoms with E-state index in [2.05, 4.69) is 14.8 Å². The molecule has 2 aromatic heterocycles. The number of hydrogen-bond acceptors (Lipinski definition) is 7. The Labute approximate surface area is 167 Å². The molecule has 0 aliphatic carbocycles. The van der Waals surface area contributed by atoms with Crippen molar-refractivity contribution >= 4 is 10.0 Å². The first kappa shape index (κ1) is 20.6. The summed E-state index contributed by atoms with van der Waals surface area (Å²) in [6.07, 6.45) is 1.61. The van der Waals surface area contributed by atoms with Gasteiger partial charge in [0.15, 0.2) is 17.3 Å². The average molecular weight is 419 g/mol. The van der Waals surface area contributed by atoms with Gasteiger partial charge in [-0.15, -0.1) is 5.10 Å². The van der Waals surface area contributed by atoms with E-state index in [0.717, 1.165) is 0 Å². The first-order valence-corrected chi connectivity index (χ1v) is 10.1. The van der Waals surface area contributed by atoms with Gasteiger partial charge in [-0.1, -0.05) is 6.07 Å². The third kappa shape index (κ3) is 4.30. The van der Waals surface area contributed by atoms with E-state index in [1.807, 2.05) is 0 Å². The Hall–Kier alpha value is -3.18. The maximum atomic E-state index is 12.5. The van der Waals surface area contributed by atoms with Crippen molar-refractivity contribution in [3.05, 3.63) is 53.1 Å². The van der Waals surface area contributed by atoms with Crippen LogP contribution in [0.2, 0.25) is 0 Å². The maximum Gasteiger partial charge on any atom is 0.346 e. The van der Waals surface area contributed by atoms with Crippen molar-refractivity contribution in [2.75, 3.05) is 20.8 Å². The molecule has 3 rings (SSSR count). The van der Waals surface area contributed by atoms with Gasteiger partial charge in [0.05, 0.1) is 25.7 Å². The molecule has 0 spiro atoms.